The predicted molar refractivity (Wildman–Crippen MR) is 131 cm³/mol. The molecular weight excluding hydrogens is 434 g/mol. The van der Waals surface area contributed by atoms with Crippen LogP contribution in [0.25, 0.3) is 0 Å². The van der Waals surface area contributed by atoms with E-state index in [9.17, 15) is 13.2 Å². The molecule has 0 bridgehead atoms. The highest BCUT2D eigenvalue weighted by molar-refractivity contribution is 7.89. The van der Waals surface area contributed by atoms with Gasteiger partial charge in [0.15, 0.2) is 0 Å². The van der Waals surface area contributed by atoms with Gasteiger partial charge >= 0.3 is 0 Å². The molecule has 2 aromatic carbocycles. The lowest BCUT2D eigenvalue weighted by atomic mass is 9.84. The Morgan fingerprint density at radius 3 is 2.36 bits per heavy atom. The van der Waals surface area contributed by atoms with Gasteiger partial charge in [-0.15, -0.1) is 0 Å². The van der Waals surface area contributed by atoms with Crippen LogP contribution in [0.4, 0.5) is 11.4 Å². The van der Waals surface area contributed by atoms with Crippen molar-refractivity contribution < 1.29 is 13.2 Å². The Kier molecular flexibility index (Phi) is 5.73. The number of hydrogen-bond donors (Lipinski definition) is 0. The average Bonchev–Trinajstić information content (AvgIpc) is 3.09. The number of fused-ring (bicyclic) bond motifs is 1. The molecule has 1 aliphatic carbocycles. The summed E-state index contributed by atoms with van der Waals surface area (Å²) in [5.74, 6) is 0.334. The molecule has 0 N–H and O–H groups in total. The zero-order valence-corrected chi connectivity index (χ0v) is 20.6. The number of carbonyl (C=O) groups excluding carboxylic acids is 1. The van der Waals surface area contributed by atoms with E-state index in [1.54, 1.807) is 16.4 Å². The molecule has 3 aliphatic rings. The number of nitrogens with zero attached hydrogens (tertiary/aromatic N) is 3. The van der Waals surface area contributed by atoms with Gasteiger partial charge in [-0.1, -0.05) is 18.6 Å². The van der Waals surface area contributed by atoms with Crippen LogP contribution in [0.15, 0.2) is 41.3 Å². The molecule has 2 aliphatic heterocycles. The second kappa shape index (κ2) is 8.44. The first-order valence-corrected chi connectivity index (χ1v) is 13.5. The maximum absolute atomic E-state index is 13.4. The summed E-state index contributed by atoms with van der Waals surface area (Å²) in [6.45, 7) is 8.57. The highest BCUT2D eigenvalue weighted by Gasteiger charge is 2.38. The number of aryl methyl sites for hydroxylation is 1. The Bertz CT molecular complexity index is 1180. The molecule has 5 rings (SSSR count). The number of amides is 1. The highest BCUT2D eigenvalue weighted by Crippen LogP contribution is 2.38. The molecule has 33 heavy (non-hydrogen) atoms. The lowest BCUT2D eigenvalue weighted by Gasteiger charge is -2.36. The minimum atomic E-state index is -3.57. The minimum Gasteiger partial charge on any atom is -0.369 e. The standard InChI is InChI=1S/C26H33N3O3S/c1-18-6-4-9-24(20(18)3)27-12-14-28(15-13-27)33(31,32)23-10-11-25-22(17-23)16-19(2)29(25)26(30)21-7-5-8-21/h4,6,9-11,17,19,21H,5,7-8,12-16H2,1-3H3/t19-/m1/s1. The van der Waals surface area contributed by atoms with E-state index in [1.165, 1.54) is 16.8 Å². The van der Waals surface area contributed by atoms with Crippen LogP contribution in [0.2, 0.25) is 0 Å². The maximum Gasteiger partial charge on any atom is 0.243 e. The first kappa shape index (κ1) is 22.4. The van der Waals surface area contributed by atoms with Crippen LogP contribution in [0.1, 0.15) is 42.9 Å². The van der Waals surface area contributed by atoms with Gasteiger partial charge in [-0.25, -0.2) is 8.42 Å². The van der Waals surface area contributed by atoms with Gasteiger partial charge in [-0.3, -0.25) is 4.79 Å². The average molecular weight is 468 g/mol. The third-order valence-electron chi connectivity index (χ3n) is 7.75. The quantitative estimate of drug-likeness (QED) is 0.685. The summed E-state index contributed by atoms with van der Waals surface area (Å²) in [5.41, 5.74) is 5.54. The molecule has 0 spiro atoms. The number of hydrogen-bond acceptors (Lipinski definition) is 4. The van der Waals surface area contributed by atoms with Gasteiger partial charge in [-0.2, -0.15) is 4.31 Å². The Hall–Kier alpha value is -2.38. The van der Waals surface area contributed by atoms with Crippen LogP contribution in [0.5, 0.6) is 0 Å². The molecule has 2 aromatic rings. The van der Waals surface area contributed by atoms with E-state index in [2.05, 4.69) is 43.9 Å². The van der Waals surface area contributed by atoms with Crippen LogP contribution >= 0.6 is 0 Å². The SMILES string of the molecule is Cc1cccc(N2CCN(S(=O)(=O)c3ccc4c(c3)C[C@@H](C)N4C(=O)C3CCC3)CC2)c1C. The first-order chi connectivity index (χ1) is 15.8. The van der Waals surface area contributed by atoms with Gasteiger partial charge in [0.25, 0.3) is 0 Å². The second-order valence-corrected chi connectivity index (χ2v) is 11.7. The number of benzene rings is 2. The van der Waals surface area contributed by atoms with E-state index in [0.29, 0.717) is 37.5 Å². The fraction of sp³-hybridized carbons (Fsp3) is 0.500. The number of piperazine rings is 1. The number of sulfonamides is 1. The zero-order valence-electron chi connectivity index (χ0n) is 19.8. The number of rotatable bonds is 4. The van der Waals surface area contributed by atoms with E-state index >= 15 is 0 Å². The van der Waals surface area contributed by atoms with E-state index in [0.717, 1.165) is 30.5 Å². The summed E-state index contributed by atoms with van der Waals surface area (Å²) < 4.78 is 28.5. The fourth-order valence-corrected chi connectivity index (χ4v) is 6.83. The molecule has 0 unspecified atom stereocenters. The van der Waals surface area contributed by atoms with Gasteiger partial charge < -0.3 is 9.80 Å². The van der Waals surface area contributed by atoms with Crippen LogP contribution < -0.4 is 9.80 Å². The van der Waals surface area contributed by atoms with Gasteiger partial charge in [0.05, 0.1) is 4.90 Å². The Morgan fingerprint density at radius 1 is 0.970 bits per heavy atom. The fourth-order valence-electron chi connectivity index (χ4n) is 5.35. The molecular formula is C26H33N3O3S. The Morgan fingerprint density at radius 2 is 1.70 bits per heavy atom. The van der Waals surface area contributed by atoms with Crippen molar-refractivity contribution in [2.75, 3.05) is 36.0 Å². The summed E-state index contributed by atoms with van der Waals surface area (Å²) in [7, 11) is -3.57. The molecule has 7 heteroatoms. The molecule has 1 saturated heterocycles. The molecule has 1 atom stereocenters. The summed E-state index contributed by atoms with van der Waals surface area (Å²) in [6.07, 6.45) is 3.77. The highest BCUT2D eigenvalue weighted by atomic mass is 32.2. The molecule has 0 radical (unpaired) electrons. The topological polar surface area (TPSA) is 60.9 Å². The summed E-state index contributed by atoms with van der Waals surface area (Å²) in [6, 6.07) is 11.7. The van der Waals surface area contributed by atoms with Crippen molar-refractivity contribution in [3.05, 3.63) is 53.1 Å². The van der Waals surface area contributed by atoms with E-state index in [4.69, 9.17) is 0 Å². The molecule has 1 amide bonds. The Balaban J connectivity index is 1.32. The second-order valence-electron chi connectivity index (χ2n) is 9.79. The van der Waals surface area contributed by atoms with Crippen molar-refractivity contribution in [3.63, 3.8) is 0 Å². The van der Waals surface area contributed by atoms with E-state index in [1.807, 2.05) is 11.0 Å². The zero-order chi connectivity index (χ0) is 23.3. The number of anilines is 2. The molecule has 2 fully saturated rings. The monoisotopic (exact) mass is 467 g/mol. The van der Waals surface area contributed by atoms with Gasteiger partial charge in [-0.05, 0) is 81.0 Å². The Labute approximate surface area is 197 Å². The lowest BCUT2D eigenvalue weighted by Crippen LogP contribution is -2.48. The lowest BCUT2D eigenvalue weighted by molar-refractivity contribution is -0.125. The van der Waals surface area contributed by atoms with Crippen LogP contribution in [-0.2, 0) is 21.2 Å². The largest absolute Gasteiger partial charge is 0.369 e. The van der Waals surface area contributed by atoms with Crippen molar-refractivity contribution in [1.29, 1.82) is 0 Å². The van der Waals surface area contributed by atoms with Crippen LogP contribution in [-0.4, -0.2) is 50.9 Å². The molecule has 6 nitrogen and oxygen atoms in total. The smallest absolute Gasteiger partial charge is 0.243 e. The minimum absolute atomic E-state index is 0.0761. The van der Waals surface area contributed by atoms with Crippen molar-refractivity contribution in [2.45, 2.75) is 57.4 Å². The summed E-state index contributed by atoms with van der Waals surface area (Å²) in [4.78, 5) is 17.4. The predicted octanol–water partition coefficient (Wildman–Crippen LogP) is 3.89. The van der Waals surface area contributed by atoms with Crippen LogP contribution in [0.3, 0.4) is 0 Å². The first-order valence-electron chi connectivity index (χ1n) is 12.0. The maximum atomic E-state index is 13.4. The van der Waals surface area contributed by atoms with Gasteiger partial charge in [0.1, 0.15) is 0 Å². The van der Waals surface area contributed by atoms with Gasteiger partial charge in [0.2, 0.25) is 15.9 Å². The molecule has 0 aromatic heterocycles. The van der Waals surface area contributed by atoms with Crippen molar-refractivity contribution in [1.82, 2.24) is 4.31 Å². The third kappa shape index (κ3) is 3.85. The van der Waals surface area contributed by atoms with Crippen molar-refractivity contribution in [2.24, 2.45) is 5.92 Å². The summed E-state index contributed by atoms with van der Waals surface area (Å²) in [5, 5.41) is 0. The molecule has 2 heterocycles. The normalized spacial score (nSPS) is 21.7. The van der Waals surface area contributed by atoms with E-state index < -0.39 is 10.0 Å². The molecule has 1 saturated carbocycles. The van der Waals surface area contributed by atoms with E-state index in [-0.39, 0.29) is 17.9 Å². The van der Waals surface area contributed by atoms with Crippen molar-refractivity contribution in [3.8, 4) is 0 Å². The number of carbonyl (C=O) groups is 1. The van der Waals surface area contributed by atoms with Gasteiger partial charge in [0, 0.05) is 49.5 Å². The molecule has 176 valence electrons. The third-order valence-corrected chi connectivity index (χ3v) is 9.65. The van der Waals surface area contributed by atoms with Crippen LogP contribution in [0, 0.1) is 19.8 Å². The summed E-state index contributed by atoms with van der Waals surface area (Å²) >= 11 is 0. The van der Waals surface area contributed by atoms with Crippen molar-refractivity contribution >= 4 is 27.3 Å².